The maximum atomic E-state index is 6.12. The summed E-state index contributed by atoms with van der Waals surface area (Å²) in [7, 11) is 0. The van der Waals surface area contributed by atoms with Gasteiger partial charge in [0.25, 0.3) is 0 Å². The van der Waals surface area contributed by atoms with Gasteiger partial charge in [-0.15, -0.1) is 0 Å². The van der Waals surface area contributed by atoms with E-state index < -0.39 is 0 Å². The third-order valence-corrected chi connectivity index (χ3v) is 4.36. The van der Waals surface area contributed by atoms with Crippen molar-refractivity contribution in [3.05, 3.63) is 35.9 Å². The molecular formula is C15H18ClN3. The number of nitrogens with zero attached hydrogens (tertiary/aromatic N) is 3. The summed E-state index contributed by atoms with van der Waals surface area (Å²) < 4.78 is 2.05. The lowest BCUT2D eigenvalue weighted by atomic mass is 9.89. The zero-order chi connectivity index (χ0) is 13.3. The largest absolute Gasteiger partial charge is 0.272 e. The molecule has 1 aliphatic rings. The summed E-state index contributed by atoms with van der Waals surface area (Å²) in [5, 5.41) is 5.01. The van der Waals surface area contributed by atoms with Gasteiger partial charge in [0.2, 0.25) is 0 Å². The Kier molecular flexibility index (Phi) is 3.31. The van der Waals surface area contributed by atoms with Crippen molar-refractivity contribution in [2.75, 3.05) is 0 Å². The summed E-state index contributed by atoms with van der Waals surface area (Å²) in [6.45, 7) is 3.35. The quantitative estimate of drug-likeness (QED) is 0.787. The Morgan fingerprint density at radius 3 is 2.89 bits per heavy atom. The Morgan fingerprint density at radius 1 is 1.37 bits per heavy atom. The highest BCUT2D eigenvalue weighted by Crippen LogP contribution is 2.39. The number of rotatable bonds is 3. The molecule has 3 rings (SSSR count). The minimum Gasteiger partial charge on any atom is -0.272 e. The van der Waals surface area contributed by atoms with Gasteiger partial charge in [0.05, 0.1) is 6.20 Å². The first-order valence-electron chi connectivity index (χ1n) is 6.80. The van der Waals surface area contributed by atoms with Crippen LogP contribution in [0.1, 0.15) is 32.6 Å². The van der Waals surface area contributed by atoms with Crippen LogP contribution in [-0.4, -0.2) is 14.8 Å². The van der Waals surface area contributed by atoms with Crippen LogP contribution in [0, 0.1) is 5.41 Å². The molecule has 1 fully saturated rings. The fourth-order valence-corrected chi connectivity index (χ4v) is 3.20. The molecule has 100 valence electrons. The molecule has 0 saturated heterocycles. The van der Waals surface area contributed by atoms with E-state index >= 15 is 0 Å². The van der Waals surface area contributed by atoms with E-state index in [1.165, 1.54) is 25.7 Å². The summed E-state index contributed by atoms with van der Waals surface area (Å²) in [6.07, 6.45) is 11.0. The summed E-state index contributed by atoms with van der Waals surface area (Å²) in [5.74, 6) is 0. The van der Waals surface area contributed by atoms with Gasteiger partial charge in [-0.3, -0.25) is 4.68 Å². The molecule has 0 radical (unpaired) electrons. The van der Waals surface area contributed by atoms with Gasteiger partial charge in [0.15, 0.2) is 0 Å². The van der Waals surface area contributed by atoms with Crippen molar-refractivity contribution in [3.63, 3.8) is 0 Å². The van der Waals surface area contributed by atoms with E-state index in [0.717, 1.165) is 17.7 Å². The standard InChI is InChI=1S/C15H18ClN3/c1-15(6-2-3-7-15)11-19-10-12(9-18-19)13-5-4-8-17-14(13)16/h4-5,8-10H,2-3,6-7,11H2,1H3. The van der Waals surface area contributed by atoms with Gasteiger partial charge in [0, 0.05) is 30.1 Å². The van der Waals surface area contributed by atoms with Crippen molar-refractivity contribution in [1.82, 2.24) is 14.8 Å². The van der Waals surface area contributed by atoms with Crippen molar-refractivity contribution >= 4 is 11.6 Å². The van der Waals surface area contributed by atoms with Crippen molar-refractivity contribution in [1.29, 1.82) is 0 Å². The van der Waals surface area contributed by atoms with Gasteiger partial charge >= 0.3 is 0 Å². The van der Waals surface area contributed by atoms with Crippen molar-refractivity contribution < 1.29 is 0 Å². The predicted molar refractivity (Wildman–Crippen MR) is 77.0 cm³/mol. The third kappa shape index (κ3) is 2.66. The number of hydrogen-bond acceptors (Lipinski definition) is 2. The summed E-state index contributed by atoms with van der Waals surface area (Å²) in [4.78, 5) is 4.11. The molecule has 2 aromatic rings. The number of aromatic nitrogens is 3. The van der Waals surface area contributed by atoms with Crippen molar-refractivity contribution in [2.45, 2.75) is 39.2 Å². The zero-order valence-electron chi connectivity index (χ0n) is 11.1. The minimum absolute atomic E-state index is 0.405. The molecule has 0 unspecified atom stereocenters. The van der Waals surface area contributed by atoms with E-state index in [2.05, 4.69) is 23.2 Å². The average Bonchev–Trinajstić information content (AvgIpc) is 3.00. The second-order valence-corrected chi connectivity index (χ2v) is 6.14. The molecule has 0 N–H and O–H groups in total. The van der Waals surface area contributed by atoms with Crippen molar-refractivity contribution in [3.8, 4) is 11.1 Å². The summed E-state index contributed by atoms with van der Waals surface area (Å²) >= 11 is 6.12. The maximum Gasteiger partial charge on any atom is 0.136 e. The molecule has 1 aliphatic carbocycles. The van der Waals surface area contributed by atoms with Gasteiger partial charge in [0.1, 0.15) is 5.15 Å². The van der Waals surface area contributed by atoms with Crippen LogP contribution in [0.5, 0.6) is 0 Å². The summed E-state index contributed by atoms with van der Waals surface area (Å²) in [6, 6.07) is 3.88. The second kappa shape index (κ2) is 4.97. The predicted octanol–water partition coefficient (Wildman–Crippen LogP) is 4.18. The first-order chi connectivity index (χ1) is 9.16. The number of halogens is 1. The molecule has 0 amide bonds. The normalized spacial score (nSPS) is 17.8. The maximum absolute atomic E-state index is 6.12. The Labute approximate surface area is 118 Å². The van der Waals surface area contributed by atoms with Crippen LogP contribution >= 0.6 is 11.6 Å². The monoisotopic (exact) mass is 275 g/mol. The first kappa shape index (κ1) is 12.7. The molecular weight excluding hydrogens is 258 g/mol. The molecule has 0 spiro atoms. The molecule has 0 bridgehead atoms. The van der Waals surface area contributed by atoms with E-state index in [4.69, 9.17) is 11.6 Å². The van der Waals surface area contributed by atoms with Gasteiger partial charge in [-0.1, -0.05) is 31.4 Å². The van der Waals surface area contributed by atoms with E-state index in [1.807, 2.05) is 23.0 Å². The lowest BCUT2D eigenvalue weighted by molar-refractivity contribution is 0.268. The fourth-order valence-electron chi connectivity index (χ4n) is 2.97. The molecule has 4 heteroatoms. The first-order valence-corrected chi connectivity index (χ1v) is 7.17. The molecule has 19 heavy (non-hydrogen) atoms. The average molecular weight is 276 g/mol. The fraction of sp³-hybridized carbons (Fsp3) is 0.467. The lowest BCUT2D eigenvalue weighted by Crippen LogP contribution is -2.19. The van der Waals surface area contributed by atoms with Crippen molar-refractivity contribution in [2.24, 2.45) is 5.41 Å². The highest BCUT2D eigenvalue weighted by Gasteiger charge is 2.29. The highest BCUT2D eigenvalue weighted by atomic mass is 35.5. The number of hydrogen-bond donors (Lipinski definition) is 0. The van der Waals surface area contributed by atoms with Gasteiger partial charge in [-0.2, -0.15) is 5.10 Å². The van der Waals surface area contributed by atoms with E-state index in [9.17, 15) is 0 Å². The van der Waals surface area contributed by atoms with Crippen LogP contribution in [0.4, 0.5) is 0 Å². The van der Waals surface area contributed by atoms with Gasteiger partial charge in [-0.05, 0) is 30.4 Å². The Bertz CT molecular complexity index is 570. The molecule has 3 nitrogen and oxygen atoms in total. The Morgan fingerprint density at radius 2 is 2.16 bits per heavy atom. The smallest absolute Gasteiger partial charge is 0.136 e. The van der Waals surface area contributed by atoms with Crippen LogP contribution in [0.3, 0.4) is 0 Å². The summed E-state index contributed by atoms with van der Waals surface area (Å²) in [5.41, 5.74) is 2.40. The van der Waals surface area contributed by atoms with E-state index in [1.54, 1.807) is 6.20 Å². The van der Waals surface area contributed by atoms with Crippen LogP contribution < -0.4 is 0 Å². The third-order valence-electron chi connectivity index (χ3n) is 4.06. The van der Waals surface area contributed by atoms with Gasteiger partial charge in [-0.25, -0.2) is 4.98 Å². The number of pyridine rings is 1. The zero-order valence-corrected chi connectivity index (χ0v) is 11.9. The topological polar surface area (TPSA) is 30.7 Å². The molecule has 0 aromatic carbocycles. The minimum atomic E-state index is 0.405. The van der Waals surface area contributed by atoms with Crippen LogP contribution in [-0.2, 0) is 6.54 Å². The van der Waals surface area contributed by atoms with Crippen LogP contribution in [0.15, 0.2) is 30.7 Å². The van der Waals surface area contributed by atoms with Crippen LogP contribution in [0.2, 0.25) is 5.15 Å². The molecule has 2 heterocycles. The van der Waals surface area contributed by atoms with Crippen LogP contribution in [0.25, 0.3) is 11.1 Å². The van der Waals surface area contributed by atoms with Gasteiger partial charge < -0.3 is 0 Å². The van der Waals surface area contributed by atoms with E-state index in [-0.39, 0.29) is 0 Å². The highest BCUT2D eigenvalue weighted by molar-refractivity contribution is 6.32. The SMILES string of the molecule is CC1(Cn2cc(-c3cccnc3Cl)cn2)CCCC1. The van der Waals surface area contributed by atoms with E-state index in [0.29, 0.717) is 10.6 Å². The Balaban J connectivity index is 1.82. The second-order valence-electron chi connectivity index (χ2n) is 5.79. The Hall–Kier alpha value is -1.35. The molecule has 0 atom stereocenters. The molecule has 1 saturated carbocycles. The lowest BCUT2D eigenvalue weighted by Gasteiger charge is -2.22. The molecule has 2 aromatic heterocycles. The molecule has 0 aliphatic heterocycles.